The molecule has 174 valence electrons. The number of imide groups is 1. The molecule has 1 saturated heterocycles. The van der Waals surface area contributed by atoms with Crippen molar-refractivity contribution in [2.45, 2.75) is 13.3 Å². The number of carbonyl (C=O) groups is 3. The van der Waals surface area contributed by atoms with Crippen LogP contribution in [0.25, 0.3) is 6.08 Å². The molecule has 3 amide bonds. The van der Waals surface area contributed by atoms with Crippen LogP contribution >= 0.6 is 34.4 Å². The van der Waals surface area contributed by atoms with Gasteiger partial charge in [0.15, 0.2) is 11.5 Å². The zero-order valence-corrected chi connectivity index (χ0v) is 20.6. The Bertz CT molecular complexity index is 1140. The summed E-state index contributed by atoms with van der Waals surface area (Å²) in [6.45, 7) is 1.90. The standard InChI is InChI=1S/C22H19F2IN2O5S/c1-3-6-32-20-15(25)7-12(8-17(20)31-2)9-18-21(29)27(22(30)33-18)11-19(28)26-16-5-4-13(23)10-14(16)24/h4-5,7-10H,3,6,11H2,1-2H3,(H,26,28)/b18-9-. The van der Waals surface area contributed by atoms with Gasteiger partial charge in [-0.1, -0.05) is 6.92 Å². The third kappa shape index (κ3) is 6.02. The van der Waals surface area contributed by atoms with E-state index in [1.807, 2.05) is 6.92 Å². The fourth-order valence-corrected chi connectivity index (χ4v) is 4.50. The molecular formula is C22H19F2IN2O5S. The van der Waals surface area contributed by atoms with Crippen LogP contribution < -0.4 is 14.8 Å². The van der Waals surface area contributed by atoms with Gasteiger partial charge in [0.1, 0.15) is 18.2 Å². The van der Waals surface area contributed by atoms with E-state index in [-0.39, 0.29) is 10.6 Å². The van der Waals surface area contributed by atoms with E-state index in [2.05, 4.69) is 27.9 Å². The number of thioether (sulfide) groups is 1. The molecule has 1 aliphatic rings. The molecule has 2 aromatic carbocycles. The van der Waals surface area contributed by atoms with Gasteiger partial charge in [0.2, 0.25) is 5.91 Å². The number of amides is 3. The Morgan fingerprint density at radius 1 is 1.24 bits per heavy atom. The normalized spacial score (nSPS) is 14.7. The highest BCUT2D eigenvalue weighted by atomic mass is 127. The number of nitrogens with zero attached hydrogens (tertiary/aromatic N) is 1. The Kier molecular flexibility index (Phi) is 8.30. The number of hydrogen-bond acceptors (Lipinski definition) is 6. The molecule has 0 spiro atoms. The molecule has 0 aromatic heterocycles. The second-order valence-corrected chi connectivity index (χ2v) is 8.98. The molecule has 0 bridgehead atoms. The first-order valence-corrected chi connectivity index (χ1v) is 11.6. The van der Waals surface area contributed by atoms with Gasteiger partial charge in [-0.15, -0.1) is 0 Å². The van der Waals surface area contributed by atoms with Gasteiger partial charge < -0.3 is 14.8 Å². The Morgan fingerprint density at radius 3 is 2.67 bits per heavy atom. The summed E-state index contributed by atoms with van der Waals surface area (Å²) in [6, 6.07) is 6.12. The topological polar surface area (TPSA) is 84.9 Å². The summed E-state index contributed by atoms with van der Waals surface area (Å²) in [5, 5.41) is 1.59. The summed E-state index contributed by atoms with van der Waals surface area (Å²) in [4.78, 5) is 38.2. The largest absolute Gasteiger partial charge is 0.493 e. The Labute approximate surface area is 206 Å². The summed E-state index contributed by atoms with van der Waals surface area (Å²) < 4.78 is 38.6. The second-order valence-electron chi connectivity index (χ2n) is 6.82. The van der Waals surface area contributed by atoms with E-state index < -0.39 is 35.2 Å². The molecule has 33 heavy (non-hydrogen) atoms. The van der Waals surface area contributed by atoms with Crippen molar-refractivity contribution in [1.29, 1.82) is 0 Å². The molecule has 1 N–H and O–H groups in total. The predicted molar refractivity (Wildman–Crippen MR) is 129 cm³/mol. The Morgan fingerprint density at radius 2 is 2.00 bits per heavy atom. The first-order valence-electron chi connectivity index (χ1n) is 9.74. The lowest BCUT2D eigenvalue weighted by atomic mass is 10.2. The molecule has 1 heterocycles. The van der Waals surface area contributed by atoms with Crippen molar-refractivity contribution in [2.24, 2.45) is 0 Å². The highest BCUT2D eigenvalue weighted by molar-refractivity contribution is 14.1. The van der Waals surface area contributed by atoms with E-state index in [9.17, 15) is 23.2 Å². The maximum atomic E-state index is 13.7. The number of anilines is 1. The van der Waals surface area contributed by atoms with Crippen LogP contribution in [0.15, 0.2) is 35.2 Å². The molecule has 11 heteroatoms. The van der Waals surface area contributed by atoms with Gasteiger partial charge in [-0.05, 0) is 76.7 Å². The van der Waals surface area contributed by atoms with Gasteiger partial charge >= 0.3 is 0 Å². The van der Waals surface area contributed by atoms with Gasteiger partial charge in [0, 0.05) is 6.07 Å². The SMILES string of the molecule is CCCOc1c(I)cc(/C=C2\SC(=O)N(CC(=O)Nc3ccc(F)cc3F)C2=O)cc1OC. The van der Waals surface area contributed by atoms with Crippen molar-refractivity contribution in [2.75, 3.05) is 25.6 Å². The van der Waals surface area contributed by atoms with Crippen LogP contribution in [0.3, 0.4) is 0 Å². The first-order chi connectivity index (χ1) is 15.7. The van der Waals surface area contributed by atoms with Crippen LogP contribution in [0.1, 0.15) is 18.9 Å². The number of nitrogens with one attached hydrogen (secondary N) is 1. The van der Waals surface area contributed by atoms with Crippen molar-refractivity contribution in [3.05, 3.63) is 56.0 Å². The van der Waals surface area contributed by atoms with Gasteiger partial charge in [0.05, 0.1) is 27.9 Å². The van der Waals surface area contributed by atoms with Crippen LogP contribution in [0.4, 0.5) is 19.3 Å². The quantitative estimate of drug-likeness (QED) is 0.344. The summed E-state index contributed by atoms with van der Waals surface area (Å²) >= 11 is 2.78. The number of benzene rings is 2. The molecule has 1 aliphatic heterocycles. The predicted octanol–water partition coefficient (Wildman–Crippen LogP) is 5.04. The number of carbonyl (C=O) groups excluding carboxylic acids is 3. The zero-order valence-electron chi connectivity index (χ0n) is 17.6. The zero-order chi connectivity index (χ0) is 24.1. The average Bonchev–Trinajstić information content (AvgIpc) is 3.02. The maximum Gasteiger partial charge on any atom is 0.294 e. The van der Waals surface area contributed by atoms with E-state index in [0.717, 1.165) is 27.0 Å². The number of hydrogen-bond donors (Lipinski definition) is 1. The first kappa shape index (κ1) is 25.0. The van der Waals surface area contributed by atoms with Crippen LogP contribution in [-0.4, -0.2) is 42.2 Å². The van der Waals surface area contributed by atoms with E-state index in [0.29, 0.717) is 41.5 Å². The monoisotopic (exact) mass is 588 g/mol. The van der Waals surface area contributed by atoms with Crippen LogP contribution in [0.2, 0.25) is 0 Å². The maximum absolute atomic E-state index is 13.7. The third-order valence-electron chi connectivity index (χ3n) is 4.38. The molecule has 7 nitrogen and oxygen atoms in total. The average molecular weight is 588 g/mol. The lowest BCUT2D eigenvalue weighted by Crippen LogP contribution is -2.36. The molecule has 0 unspecified atom stereocenters. The van der Waals surface area contributed by atoms with E-state index in [1.165, 1.54) is 13.2 Å². The van der Waals surface area contributed by atoms with Gasteiger partial charge in [0.25, 0.3) is 11.1 Å². The van der Waals surface area contributed by atoms with E-state index in [4.69, 9.17) is 9.47 Å². The molecule has 1 fully saturated rings. The molecular weight excluding hydrogens is 569 g/mol. The number of halogens is 3. The van der Waals surface area contributed by atoms with Gasteiger partial charge in [-0.25, -0.2) is 8.78 Å². The Balaban J connectivity index is 1.75. The minimum Gasteiger partial charge on any atom is -0.493 e. The summed E-state index contributed by atoms with van der Waals surface area (Å²) in [5.41, 5.74) is 0.361. The van der Waals surface area contributed by atoms with Crippen molar-refractivity contribution in [3.63, 3.8) is 0 Å². The number of methoxy groups -OCH3 is 1. The molecule has 0 atom stereocenters. The van der Waals surface area contributed by atoms with Crippen molar-refractivity contribution >= 4 is 63.2 Å². The lowest BCUT2D eigenvalue weighted by molar-refractivity contribution is -0.127. The van der Waals surface area contributed by atoms with Gasteiger partial charge in [-0.2, -0.15) is 0 Å². The fraction of sp³-hybridized carbons (Fsp3) is 0.227. The van der Waals surface area contributed by atoms with Crippen molar-refractivity contribution in [1.82, 2.24) is 4.90 Å². The van der Waals surface area contributed by atoms with Crippen molar-refractivity contribution < 1.29 is 32.6 Å². The van der Waals surface area contributed by atoms with Crippen LogP contribution in [0.5, 0.6) is 11.5 Å². The second kappa shape index (κ2) is 11.0. The highest BCUT2D eigenvalue weighted by Crippen LogP contribution is 2.37. The Hall–Kier alpha value is -2.67. The minimum absolute atomic E-state index is 0.126. The molecule has 3 rings (SSSR count). The number of ether oxygens (including phenoxy) is 2. The fourth-order valence-electron chi connectivity index (χ4n) is 2.88. The number of rotatable bonds is 8. The van der Waals surface area contributed by atoms with Crippen molar-refractivity contribution in [3.8, 4) is 11.5 Å². The summed E-state index contributed by atoms with van der Waals surface area (Å²) in [5.74, 6) is -2.13. The van der Waals surface area contributed by atoms with Crippen LogP contribution in [0, 0.1) is 15.2 Å². The third-order valence-corrected chi connectivity index (χ3v) is 6.09. The lowest BCUT2D eigenvalue weighted by Gasteiger charge is -2.13. The highest BCUT2D eigenvalue weighted by Gasteiger charge is 2.36. The molecule has 0 radical (unpaired) electrons. The molecule has 0 aliphatic carbocycles. The van der Waals surface area contributed by atoms with Crippen LogP contribution in [-0.2, 0) is 9.59 Å². The van der Waals surface area contributed by atoms with E-state index in [1.54, 1.807) is 12.1 Å². The summed E-state index contributed by atoms with van der Waals surface area (Å²) in [7, 11) is 1.50. The smallest absolute Gasteiger partial charge is 0.294 e. The minimum atomic E-state index is -0.965. The summed E-state index contributed by atoms with van der Waals surface area (Å²) in [6.07, 6.45) is 2.35. The van der Waals surface area contributed by atoms with E-state index >= 15 is 0 Å². The van der Waals surface area contributed by atoms with Gasteiger partial charge in [-0.3, -0.25) is 19.3 Å². The molecule has 2 aromatic rings. The molecule has 0 saturated carbocycles.